The highest BCUT2D eigenvalue weighted by Crippen LogP contribution is 2.15. The van der Waals surface area contributed by atoms with Crippen LogP contribution in [0.1, 0.15) is 258 Å². The second-order valence-corrected chi connectivity index (χ2v) is 17.1. The van der Waals surface area contributed by atoms with Gasteiger partial charge >= 0.3 is 17.9 Å². The summed E-state index contributed by atoms with van der Waals surface area (Å²) in [6.45, 7) is 6.58. The molecule has 0 heterocycles. The van der Waals surface area contributed by atoms with Crippen molar-refractivity contribution in [3.63, 3.8) is 0 Å². The number of hydrogen-bond acceptors (Lipinski definition) is 6. The van der Waals surface area contributed by atoms with E-state index >= 15 is 0 Å². The Morgan fingerprint density at radius 2 is 0.600 bits per heavy atom. The van der Waals surface area contributed by atoms with Crippen LogP contribution in [0.25, 0.3) is 0 Å². The maximum Gasteiger partial charge on any atom is 0.306 e. The van der Waals surface area contributed by atoms with E-state index < -0.39 is 6.10 Å². The number of hydrogen-bond donors (Lipinski definition) is 0. The second kappa shape index (κ2) is 49.0. The van der Waals surface area contributed by atoms with Gasteiger partial charge in [-0.2, -0.15) is 0 Å². The standard InChI is InChI=1S/C54H96O6/c1-4-7-10-13-16-19-22-24-25-26-27-28-29-30-33-35-38-41-44-47-53(56)59-50-51(49-58-52(55)46-43-40-37-34-31-21-18-15-12-9-6-3)60-54(57)48-45-42-39-36-32-23-20-17-14-11-8-5-2/h16,19,24-25,27-28,30,33,51H,4-15,17-18,20-23,26,29,31-32,34-50H2,1-3H3/b19-16-,25-24-,28-27-,33-30-/t51-/m0/s1. The maximum atomic E-state index is 12.8. The highest BCUT2D eigenvalue weighted by molar-refractivity contribution is 5.71. The summed E-state index contributed by atoms with van der Waals surface area (Å²) in [7, 11) is 0. The van der Waals surface area contributed by atoms with Gasteiger partial charge in [-0.3, -0.25) is 14.4 Å². The van der Waals surface area contributed by atoms with Crippen LogP contribution in [0.3, 0.4) is 0 Å². The normalized spacial score (nSPS) is 12.4. The van der Waals surface area contributed by atoms with Gasteiger partial charge in [0, 0.05) is 19.3 Å². The highest BCUT2D eigenvalue weighted by Gasteiger charge is 2.19. The lowest BCUT2D eigenvalue weighted by Gasteiger charge is -2.18. The van der Waals surface area contributed by atoms with Gasteiger partial charge in [-0.25, -0.2) is 0 Å². The number of unbranched alkanes of at least 4 members (excludes halogenated alkanes) is 27. The van der Waals surface area contributed by atoms with Crippen molar-refractivity contribution in [2.75, 3.05) is 13.2 Å². The third-order valence-corrected chi connectivity index (χ3v) is 11.1. The Hall–Kier alpha value is -2.63. The highest BCUT2D eigenvalue weighted by atomic mass is 16.6. The summed E-state index contributed by atoms with van der Waals surface area (Å²) < 4.78 is 16.7. The van der Waals surface area contributed by atoms with E-state index in [0.717, 1.165) is 83.5 Å². The van der Waals surface area contributed by atoms with Gasteiger partial charge in [-0.15, -0.1) is 0 Å². The zero-order valence-electron chi connectivity index (χ0n) is 39.7. The largest absolute Gasteiger partial charge is 0.462 e. The van der Waals surface area contributed by atoms with Crippen LogP contribution in [0.15, 0.2) is 48.6 Å². The van der Waals surface area contributed by atoms with Gasteiger partial charge in [-0.05, 0) is 64.2 Å². The van der Waals surface area contributed by atoms with Crippen molar-refractivity contribution < 1.29 is 28.6 Å². The van der Waals surface area contributed by atoms with Crippen LogP contribution in [0.5, 0.6) is 0 Å². The zero-order valence-corrected chi connectivity index (χ0v) is 39.7. The molecule has 0 fully saturated rings. The molecule has 0 aromatic heterocycles. The van der Waals surface area contributed by atoms with E-state index in [0.29, 0.717) is 19.3 Å². The molecule has 0 saturated carbocycles. The zero-order chi connectivity index (χ0) is 43.7. The van der Waals surface area contributed by atoms with Crippen LogP contribution in [-0.2, 0) is 28.6 Å². The fourth-order valence-corrected chi connectivity index (χ4v) is 7.19. The molecule has 0 amide bonds. The van der Waals surface area contributed by atoms with E-state index in [1.807, 2.05) is 0 Å². The Bertz CT molecular complexity index is 1060. The number of carbonyl (C=O) groups excluding carboxylic acids is 3. The van der Waals surface area contributed by atoms with Crippen molar-refractivity contribution in [1.29, 1.82) is 0 Å². The number of esters is 3. The van der Waals surface area contributed by atoms with Gasteiger partial charge in [0.1, 0.15) is 13.2 Å². The minimum atomic E-state index is -0.780. The quantitative estimate of drug-likeness (QED) is 0.0263. The van der Waals surface area contributed by atoms with E-state index in [9.17, 15) is 14.4 Å². The molecule has 0 unspecified atom stereocenters. The van der Waals surface area contributed by atoms with E-state index in [4.69, 9.17) is 14.2 Å². The summed E-state index contributed by atoms with van der Waals surface area (Å²) >= 11 is 0. The van der Waals surface area contributed by atoms with E-state index in [1.54, 1.807) is 0 Å². The Balaban J connectivity index is 4.38. The average Bonchev–Trinajstić information content (AvgIpc) is 3.24. The second-order valence-electron chi connectivity index (χ2n) is 17.1. The molecule has 0 aliphatic rings. The first-order chi connectivity index (χ1) is 29.5. The van der Waals surface area contributed by atoms with Crippen LogP contribution in [0.4, 0.5) is 0 Å². The fourth-order valence-electron chi connectivity index (χ4n) is 7.19. The number of ether oxygens (including phenoxy) is 3. The molecule has 0 aromatic carbocycles. The average molecular weight is 841 g/mol. The van der Waals surface area contributed by atoms with Gasteiger partial charge in [0.25, 0.3) is 0 Å². The maximum absolute atomic E-state index is 12.8. The van der Waals surface area contributed by atoms with Crippen molar-refractivity contribution in [2.24, 2.45) is 0 Å². The van der Waals surface area contributed by atoms with E-state index in [-0.39, 0.29) is 31.1 Å². The van der Waals surface area contributed by atoms with Crippen molar-refractivity contribution in [3.8, 4) is 0 Å². The first-order valence-electron chi connectivity index (χ1n) is 25.6. The molecule has 1 atom stereocenters. The lowest BCUT2D eigenvalue weighted by Crippen LogP contribution is -2.30. The lowest BCUT2D eigenvalue weighted by atomic mass is 10.0. The van der Waals surface area contributed by atoms with Crippen molar-refractivity contribution in [2.45, 2.75) is 264 Å². The Morgan fingerprint density at radius 1 is 0.333 bits per heavy atom. The lowest BCUT2D eigenvalue weighted by molar-refractivity contribution is -0.167. The first kappa shape index (κ1) is 57.4. The molecule has 6 nitrogen and oxygen atoms in total. The SMILES string of the molecule is CCCCC/C=C\C/C=C\C/C=C\C/C=C\CCCCCC(=O)OC[C@H](COC(=O)CCCCCCCCCCCCC)OC(=O)CCCCCCCCCCCCCC. The third-order valence-electron chi connectivity index (χ3n) is 11.1. The summed E-state index contributed by atoms with van der Waals surface area (Å²) in [4.78, 5) is 37.9. The summed E-state index contributed by atoms with van der Waals surface area (Å²) in [5, 5.41) is 0. The summed E-state index contributed by atoms with van der Waals surface area (Å²) in [5.41, 5.74) is 0. The molecule has 6 heteroatoms. The third kappa shape index (κ3) is 46.4. The van der Waals surface area contributed by atoms with Crippen LogP contribution >= 0.6 is 0 Å². The van der Waals surface area contributed by atoms with Gasteiger partial charge in [-0.1, -0.05) is 223 Å². The first-order valence-corrected chi connectivity index (χ1v) is 25.6. The van der Waals surface area contributed by atoms with Crippen LogP contribution in [-0.4, -0.2) is 37.2 Å². The molecular weight excluding hydrogens is 745 g/mol. The van der Waals surface area contributed by atoms with E-state index in [1.165, 1.54) is 135 Å². The minimum Gasteiger partial charge on any atom is -0.462 e. The van der Waals surface area contributed by atoms with Crippen molar-refractivity contribution >= 4 is 17.9 Å². The fraction of sp³-hybridized carbons (Fsp3) is 0.796. The van der Waals surface area contributed by atoms with Crippen molar-refractivity contribution in [3.05, 3.63) is 48.6 Å². The molecule has 0 radical (unpaired) electrons. The minimum absolute atomic E-state index is 0.0800. The molecule has 0 aromatic rings. The van der Waals surface area contributed by atoms with Gasteiger partial charge in [0.15, 0.2) is 6.10 Å². The van der Waals surface area contributed by atoms with Gasteiger partial charge < -0.3 is 14.2 Å². The molecule has 0 saturated heterocycles. The summed E-state index contributed by atoms with van der Waals surface area (Å²) in [6.07, 6.45) is 58.0. The Labute approximate surface area is 371 Å². The molecule has 0 spiro atoms. The van der Waals surface area contributed by atoms with Crippen LogP contribution < -0.4 is 0 Å². The predicted octanol–water partition coefficient (Wildman–Crippen LogP) is 16.7. The van der Waals surface area contributed by atoms with Crippen LogP contribution in [0, 0.1) is 0 Å². The van der Waals surface area contributed by atoms with Crippen LogP contribution in [0.2, 0.25) is 0 Å². The molecule has 0 aliphatic carbocycles. The molecule has 0 aliphatic heterocycles. The predicted molar refractivity (Wildman–Crippen MR) is 256 cm³/mol. The monoisotopic (exact) mass is 841 g/mol. The smallest absolute Gasteiger partial charge is 0.306 e. The van der Waals surface area contributed by atoms with E-state index in [2.05, 4.69) is 69.4 Å². The summed E-state index contributed by atoms with van der Waals surface area (Å²) in [5.74, 6) is -0.906. The molecule has 0 N–H and O–H groups in total. The topological polar surface area (TPSA) is 78.9 Å². The number of carbonyl (C=O) groups is 3. The molecule has 0 bridgehead atoms. The molecular formula is C54H96O6. The number of rotatable bonds is 46. The number of allylic oxidation sites excluding steroid dienone is 8. The Morgan fingerprint density at radius 3 is 0.967 bits per heavy atom. The molecule has 0 rings (SSSR count). The summed E-state index contributed by atoms with van der Waals surface area (Å²) in [6, 6.07) is 0. The molecule has 348 valence electrons. The van der Waals surface area contributed by atoms with Gasteiger partial charge in [0.05, 0.1) is 0 Å². The van der Waals surface area contributed by atoms with Gasteiger partial charge in [0.2, 0.25) is 0 Å². The molecule has 60 heavy (non-hydrogen) atoms. The Kier molecular flexibility index (Phi) is 46.9. The van der Waals surface area contributed by atoms with Crippen molar-refractivity contribution in [1.82, 2.24) is 0 Å².